The molecule has 0 unspecified atom stereocenters. The minimum Gasteiger partial charge on any atom is -0.496 e. The zero-order valence-electron chi connectivity index (χ0n) is 15.4. The highest BCUT2D eigenvalue weighted by Gasteiger charge is 2.39. The highest BCUT2D eigenvalue weighted by molar-refractivity contribution is 7.91. The van der Waals surface area contributed by atoms with Gasteiger partial charge in [-0.15, -0.1) is 0 Å². The Hall–Kier alpha value is -2.09. The molecule has 1 aromatic rings. The molecular weight excluding hydrogens is 370 g/mol. The van der Waals surface area contributed by atoms with E-state index >= 15 is 0 Å². The van der Waals surface area contributed by atoms with Crippen molar-refractivity contribution in [3.8, 4) is 5.75 Å². The molecule has 1 saturated heterocycles. The van der Waals surface area contributed by atoms with Gasteiger partial charge in [-0.1, -0.05) is 25.0 Å². The van der Waals surface area contributed by atoms with E-state index in [1.165, 1.54) is 7.11 Å². The summed E-state index contributed by atoms with van der Waals surface area (Å²) in [6.45, 7) is -0.399. The highest BCUT2D eigenvalue weighted by Crippen LogP contribution is 2.29. The molecule has 0 radical (unpaired) electrons. The lowest BCUT2D eigenvalue weighted by molar-refractivity contribution is -0.139. The van der Waals surface area contributed by atoms with Crippen LogP contribution in [0.1, 0.15) is 42.5 Å². The highest BCUT2D eigenvalue weighted by atomic mass is 32.2. The quantitative estimate of drug-likeness (QED) is 0.683. The maximum Gasteiger partial charge on any atom is 0.342 e. The Morgan fingerprint density at radius 3 is 2.44 bits per heavy atom. The lowest BCUT2D eigenvalue weighted by Crippen LogP contribution is -2.48. The molecule has 1 saturated carbocycles. The molecule has 1 heterocycles. The molecule has 1 amide bonds. The number of para-hydroxylation sites is 1. The van der Waals surface area contributed by atoms with Crippen LogP contribution in [0.5, 0.6) is 5.75 Å². The Morgan fingerprint density at radius 1 is 1.11 bits per heavy atom. The predicted octanol–water partition coefficient (Wildman–Crippen LogP) is 1.81. The second kappa shape index (κ2) is 8.29. The van der Waals surface area contributed by atoms with Gasteiger partial charge < -0.3 is 14.4 Å². The van der Waals surface area contributed by atoms with E-state index < -0.39 is 22.4 Å². The van der Waals surface area contributed by atoms with Crippen LogP contribution in [-0.4, -0.2) is 62.5 Å². The molecule has 27 heavy (non-hydrogen) atoms. The fourth-order valence-electron chi connectivity index (χ4n) is 3.98. The van der Waals surface area contributed by atoms with Crippen LogP contribution in [0, 0.1) is 0 Å². The Morgan fingerprint density at radius 2 is 1.81 bits per heavy atom. The molecule has 0 bridgehead atoms. The first-order valence-electron chi connectivity index (χ1n) is 9.23. The van der Waals surface area contributed by atoms with Gasteiger partial charge in [-0.05, 0) is 31.4 Å². The lowest BCUT2D eigenvalue weighted by atomic mass is 10.1. The van der Waals surface area contributed by atoms with Gasteiger partial charge in [-0.2, -0.15) is 0 Å². The van der Waals surface area contributed by atoms with Gasteiger partial charge in [0.2, 0.25) is 0 Å². The van der Waals surface area contributed by atoms with Gasteiger partial charge in [0.1, 0.15) is 11.3 Å². The van der Waals surface area contributed by atoms with Gasteiger partial charge in [-0.3, -0.25) is 4.79 Å². The molecule has 2 fully saturated rings. The van der Waals surface area contributed by atoms with Crippen molar-refractivity contribution in [1.82, 2.24) is 4.90 Å². The number of rotatable bonds is 6. The standard InChI is InChI=1S/C19H25NO6S/c1-25-17-9-5-4-8-16(17)19(22)26-12-18(21)20(14-6-2-3-7-14)15-10-11-27(23,24)13-15/h4-5,8-9,14-15H,2-3,6-7,10-13H2,1H3/t15-/m0/s1. The number of esters is 1. The number of carbonyl (C=O) groups excluding carboxylic acids is 2. The van der Waals surface area contributed by atoms with E-state index in [0.717, 1.165) is 25.7 Å². The number of sulfone groups is 1. The summed E-state index contributed by atoms with van der Waals surface area (Å²) in [4.78, 5) is 26.8. The fourth-order valence-corrected chi connectivity index (χ4v) is 5.69. The molecule has 1 aliphatic heterocycles. The molecule has 8 heteroatoms. The van der Waals surface area contributed by atoms with E-state index in [-0.39, 0.29) is 35.1 Å². The first-order chi connectivity index (χ1) is 12.9. The Labute approximate surface area is 159 Å². The molecule has 1 atom stereocenters. The molecule has 1 aliphatic carbocycles. The minimum absolute atomic E-state index is 0.00427. The van der Waals surface area contributed by atoms with Gasteiger partial charge in [0, 0.05) is 12.1 Å². The number of amides is 1. The molecule has 3 rings (SSSR count). The molecular formula is C19H25NO6S. The van der Waals surface area contributed by atoms with Crippen LogP contribution < -0.4 is 4.74 Å². The molecule has 0 aromatic heterocycles. The smallest absolute Gasteiger partial charge is 0.342 e. The third-order valence-electron chi connectivity index (χ3n) is 5.26. The van der Waals surface area contributed by atoms with Crippen molar-refractivity contribution in [2.45, 2.75) is 44.2 Å². The lowest BCUT2D eigenvalue weighted by Gasteiger charge is -2.33. The summed E-state index contributed by atoms with van der Waals surface area (Å²) in [5.74, 6) is -0.479. The third kappa shape index (κ3) is 4.61. The first kappa shape index (κ1) is 19.7. The van der Waals surface area contributed by atoms with Gasteiger partial charge in [0.25, 0.3) is 5.91 Å². The van der Waals surface area contributed by atoms with E-state index in [2.05, 4.69) is 0 Å². The van der Waals surface area contributed by atoms with Crippen LogP contribution in [0.3, 0.4) is 0 Å². The molecule has 1 aromatic carbocycles. The largest absolute Gasteiger partial charge is 0.496 e. The summed E-state index contributed by atoms with van der Waals surface area (Å²) in [6, 6.07) is 6.35. The normalized spacial score (nSPS) is 21.7. The van der Waals surface area contributed by atoms with E-state index in [0.29, 0.717) is 12.2 Å². The zero-order valence-corrected chi connectivity index (χ0v) is 16.2. The second-order valence-corrected chi connectivity index (χ2v) is 9.30. The van der Waals surface area contributed by atoms with Crippen LogP contribution >= 0.6 is 0 Å². The van der Waals surface area contributed by atoms with Gasteiger partial charge in [0.15, 0.2) is 16.4 Å². The summed E-state index contributed by atoms with van der Waals surface area (Å²) in [5, 5.41) is 0. The number of benzene rings is 1. The summed E-state index contributed by atoms with van der Waals surface area (Å²) in [6.07, 6.45) is 4.22. The Kier molecular flexibility index (Phi) is 6.04. The monoisotopic (exact) mass is 395 g/mol. The van der Waals surface area contributed by atoms with E-state index in [9.17, 15) is 18.0 Å². The zero-order chi connectivity index (χ0) is 19.4. The molecule has 0 N–H and O–H groups in total. The number of ether oxygens (including phenoxy) is 2. The Balaban J connectivity index is 1.68. The summed E-state index contributed by atoms with van der Waals surface area (Å²) in [7, 11) is -1.65. The van der Waals surface area contributed by atoms with Gasteiger partial charge in [0.05, 0.1) is 18.6 Å². The van der Waals surface area contributed by atoms with E-state index in [1.807, 2.05) is 0 Å². The maximum absolute atomic E-state index is 12.8. The molecule has 2 aliphatic rings. The number of hydrogen-bond acceptors (Lipinski definition) is 6. The van der Waals surface area contributed by atoms with Gasteiger partial charge in [-0.25, -0.2) is 13.2 Å². The minimum atomic E-state index is -3.10. The number of carbonyl (C=O) groups is 2. The molecule has 148 valence electrons. The van der Waals surface area contributed by atoms with Crippen molar-refractivity contribution < 1.29 is 27.5 Å². The number of methoxy groups -OCH3 is 1. The fraction of sp³-hybridized carbons (Fsp3) is 0.579. The van der Waals surface area contributed by atoms with Crippen LogP contribution in [0.2, 0.25) is 0 Å². The van der Waals surface area contributed by atoms with Crippen LogP contribution in [0.25, 0.3) is 0 Å². The predicted molar refractivity (Wildman–Crippen MR) is 99.4 cm³/mol. The van der Waals surface area contributed by atoms with Gasteiger partial charge >= 0.3 is 5.97 Å². The van der Waals surface area contributed by atoms with Crippen LogP contribution in [-0.2, 0) is 19.4 Å². The van der Waals surface area contributed by atoms with Crippen molar-refractivity contribution in [3.05, 3.63) is 29.8 Å². The van der Waals surface area contributed by atoms with Crippen molar-refractivity contribution >= 4 is 21.7 Å². The van der Waals surface area contributed by atoms with E-state index in [1.54, 1.807) is 29.2 Å². The van der Waals surface area contributed by atoms with Crippen molar-refractivity contribution in [2.24, 2.45) is 0 Å². The number of nitrogens with zero attached hydrogens (tertiary/aromatic N) is 1. The molecule has 0 spiro atoms. The molecule has 7 nitrogen and oxygen atoms in total. The summed E-state index contributed by atoms with van der Waals surface area (Å²) >= 11 is 0. The van der Waals surface area contributed by atoms with Crippen LogP contribution in [0.4, 0.5) is 0 Å². The first-order valence-corrected chi connectivity index (χ1v) is 11.0. The van der Waals surface area contributed by atoms with Crippen molar-refractivity contribution in [2.75, 3.05) is 25.2 Å². The van der Waals surface area contributed by atoms with Crippen LogP contribution in [0.15, 0.2) is 24.3 Å². The second-order valence-electron chi connectivity index (χ2n) is 7.07. The third-order valence-corrected chi connectivity index (χ3v) is 7.01. The van der Waals surface area contributed by atoms with Crippen molar-refractivity contribution in [3.63, 3.8) is 0 Å². The summed E-state index contributed by atoms with van der Waals surface area (Å²) in [5.41, 5.74) is 0.253. The SMILES string of the molecule is COc1ccccc1C(=O)OCC(=O)N(C1CCCC1)[C@H]1CCS(=O)(=O)C1. The topological polar surface area (TPSA) is 90.0 Å². The number of hydrogen-bond donors (Lipinski definition) is 0. The average Bonchev–Trinajstić information content (AvgIpc) is 3.30. The Bertz CT molecular complexity index is 800. The van der Waals surface area contributed by atoms with E-state index in [4.69, 9.17) is 9.47 Å². The van der Waals surface area contributed by atoms with Crippen molar-refractivity contribution in [1.29, 1.82) is 0 Å². The average molecular weight is 395 g/mol. The summed E-state index contributed by atoms with van der Waals surface area (Å²) < 4.78 is 34.1. The maximum atomic E-state index is 12.8.